The van der Waals surface area contributed by atoms with E-state index in [1.807, 2.05) is 52.0 Å². The van der Waals surface area contributed by atoms with Gasteiger partial charge in [-0.05, 0) is 56.5 Å². The van der Waals surface area contributed by atoms with Gasteiger partial charge >= 0.3 is 6.03 Å². The van der Waals surface area contributed by atoms with E-state index >= 15 is 0 Å². The van der Waals surface area contributed by atoms with Gasteiger partial charge in [0.15, 0.2) is 0 Å². The number of hydrogen-bond acceptors (Lipinski definition) is 2. The summed E-state index contributed by atoms with van der Waals surface area (Å²) in [5.74, 6) is -0.122. The number of nitrogens with one attached hydrogen (secondary N) is 3. The van der Waals surface area contributed by atoms with Crippen LogP contribution < -0.4 is 16.0 Å². The van der Waals surface area contributed by atoms with E-state index in [0.29, 0.717) is 5.69 Å². The second kappa shape index (κ2) is 8.52. The van der Waals surface area contributed by atoms with Gasteiger partial charge in [0.25, 0.3) is 0 Å². The molecule has 0 radical (unpaired) electrons. The molecule has 0 spiro atoms. The number of amides is 3. The van der Waals surface area contributed by atoms with Gasteiger partial charge in [0.2, 0.25) is 5.91 Å². The van der Waals surface area contributed by atoms with Crippen LogP contribution in [0.2, 0.25) is 0 Å². The lowest BCUT2D eigenvalue weighted by Gasteiger charge is -2.20. The topological polar surface area (TPSA) is 70.2 Å². The first-order chi connectivity index (χ1) is 12.3. The number of carbonyl (C=O) groups excluding carboxylic acids is 2. The van der Waals surface area contributed by atoms with Crippen LogP contribution in [0.1, 0.15) is 55.1 Å². The van der Waals surface area contributed by atoms with Crippen LogP contribution >= 0.6 is 0 Å². The maximum Gasteiger partial charge on any atom is 0.315 e. The van der Waals surface area contributed by atoms with Crippen molar-refractivity contribution in [1.82, 2.24) is 10.6 Å². The van der Waals surface area contributed by atoms with Crippen molar-refractivity contribution in [1.29, 1.82) is 0 Å². The number of benzene rings is 2. The summed E-state index contributed by atoms with van der Waals surface area (Å²) >= 11 is 0. The Bertz CT molecular complexity index is 802. The van der Waals surface area contributed by atoms with Gasteiger partial charge in [-0.3, -0.25) is 4.79 Å². The van der Waals surface area contributed by atoms with Crippen molar-refractivity contribution in [2.24, 2.45) is 0 Å². The standard InChI is InChI=1S/C21H27N3O2/c1-13-9-10-14(2)20(11-13)16(4)23-21(26)22-15(3)18-7-6-8-19(12-18)24-17(5)25/h6-12,15-16H,1-5H3,(H,24,25)(H2,22,23,26)/t15-,16-/m1/s1. The summed E-state index contributed by atoms with van der Waals surface area (Å²) in [5.41, 5.74) is 5.07. The predicted molar refractivity (Wildman–Crippen MR) is 105 cm³/mol. The average molecular weight is 353 g/mol. The van der Waals surface area contributed by atoms with E-state index in [1.165, 1.54) is 12.5 Å². The number of aryl methyl sites for hydroxylation is 2. The third-order valence-electron chi connectivity index (χ3n) is 4.30. The van der Waals surface area contributed by atoms with Crippen molar-refractivity contribution in [2.75, 3.05) is 5.32 Å². The highest BCUT2D eigenvalue weighted by Crippen LogP contribution is 2.20. The molecule has 0 saturated heterocycles. The molecular weight excluding hydrogens is 326 g/mol. The van der Waals surface area contributed by atoms with Crippen molar-refractivity contribution in [3.05, 3.63) is 64.7 Å². The Labute approximate surface area is 155 Å². The van der Waals surface area contributed by atoms with Crippen molar-refractivity contribution in [2.45, 2.75) is 46.7 Å². The molecule has 3 amide bonds. The van der Waals surface area contributed by atoms with E-state index in [2.05, 4.69) is 34.1 Å². The number of urea groups is 1. The minimum Gasteiger partial charge on any atom is -0.332 e. The molecule has 0 fully saturated rings. The maximum absolute atomic E-state index is 12.4. The third-order valence-corrected chi connectivity index (χ3v) is 4.30. The van der Waals surface area contributed by atoms with Crippen LogP contribution in [0.25, 0.3) is 0 Å². The summed E-state index contributed by atoms with van der Waals surface area (Å²) in [5, 5.41) is 8.69. The van der Waals surface area contributed by atoms with Crippen molar-refractivity contribution in [3.8, 4) is 0 Å². The van der Waals surface area contributed by atoms with Gasteiger partial charge in [-0.15, -0.1) is 0 Å². The van der Waals surface area contributed by atoms with Crippen molar-refractivity contribution < 1.29 is 9.59 Å². The molecular formula is C21H27N3O2. The molecule has 26 heavy (non-hydrogen) atoms. The zero-order valence-corrected chi connectivity index (χ0v) is 16.0. The van der Waals surface area contributed by atoms with E-state index in [1.54, 1.807) is 0 Å². The molecule has 0 heterocycles. The zero-order chi connectivity index (χ0) is 19.3. The van der Waals surface area contributed by atoms with Crippen LogP contribution in [-0.2, 0) is 4.79 Å². The average Bonchev–Trinajstić information content (AvgIpc) is 2.56. The maximum atomic E-state index is 12.4. The van der Waals surface area contributed by atoms with Gasteiger partial charge in [-0.1, -0.05) is 35.9 Å². The smallest absolute Gasteiger partial charge is 0.315 e. The molecule has 0 bridgehead atoms. The minimum atomic E-state index is -0.226. The highest BCUT2D eigenvalue weighted by molar-refractivity contribution is 5.88. The number of anilines is 1. The third kappa shape index (κ3) is 5.34. The quantitative estimate of drug-likeness (QED) is 0.746. The molecule has 0 aliphatic carbocycles. The SMILES string of the molecule is CC(=O)Nc1cccc([C@@H](C)NC(=O)N[C@H](C)c2cc(C)ccc2C)c1. The molecule has 0 unspecified atom stereocenters. The summed E-state index contributed by atoms with van der Waals surface area (Å²) in [6, 6.07) is 13.2. The highest BCUT2D eigenvalue weighted by atomic mass is 16.2. The van der Waals surface area contributed by atoms with E-state index in [9.17, 15) is 9.59 Å². The first-order valence-corrected chi connectivity index (χ1v) is 8.78. The van der Waals surface area contributed by atoms with E-state index in [4.69, 9.17) is 0 Å². The van der Waals surface area contributed by atoms with E-state index in [-0.39, 0.29) is 24.0 Å². The van der Waals surface area contributed by atoms with Crippen LogP contribution in [0.4, 0.5) is 10.5 Å². The van der Waals surface area contributed by atoms with Gasteiger partial charge in [0.05, 0.1) is 12.1 Å². The van der Waals surface area contributed by atoms with Gasteiger partial charge < -0.3 is 16.0 Å². The van der Waals surface area contributed by atoms with Gasteiger partial charge in [0.1, 0.15) is 0 Å². The number of carbonyl (C=O) groups is 2. The summed E-state index contributed by atoms with van der Waals surface area (Å²) in [4.78, 5) is 23.6. The van der Waals surface area contributed by atoms with Gasteiger partial charge in [0, 0.05) is 12.6 Å². The molecule has 5 nitrogen and oxygen atoms in total. The van der Waals surface area contributed by atoms with Crippen LogP contribution in [0.15, 0.2) is 42.5 Å². The summed E-state index contributed by atoms with van der Waals surface area (Å²) in [6.07, 6.45) is 0. The second-order valence-corrected chi connectivity index (χ2v) is 6.73. The lowest BCUT2D eigenvalue weighted by Crippen LogP contribution is -2.38. The summed E-state index contributed by atoms with van der Waals surface area (Å²) in [7, 11) is 0. The second-order valence-electron chi connectivity index (χ2n) is 6.73. The Balaban J connectivity index is 2.00. The Kier molecular flexibility index (Phi) is 6.39. The Morgan fingerprint density at radius 3 is 2.31 bits per heavy atom. The largest absolute Gasteiger partial charge is 0.332 e. The van der Waals surface area contributed by atoms with Crippen LogP contribution in [0.3, 0.4) is 0 Å². The number of rotatable bonds is 5. The van der Waals surface area contributed by atoms with Gasteiger partial charge in [-0.25, -0.2) is 4.79 Å². The van der Waals surface area contributed by atoms with Crippen LogP contribution in [-0.4, -0.2) is 11.9 Å². The number of hydrogen-bond donors (Lipinski definition) is 3. The highest BCUT2D eigenvalue weighted by Gasteiger charge is 2.15. The molecule has 138 valence electrons. The molecule has 2 aromatic carbocycles. The molecule has 3 N–H and O–H groups in total. The molecule has 0 aromatic heterocycles. The lowest BCUT2D eigenvalue weighted by molar-refractivity contribution is -0.114. The fourth-order valence-electron chi connectivity index (χ4n) is 2.91. The zero-order valence-electron chi connectivity index (χ0n) is 16.0. The van der Waals surface area contributed by atoms with E-state index in [0.717, 1.165) is 16.7 Å². The van der Waals surface area contributed by atoms with Crippen molar-refractivity contribution >= 4 is 17.6 Å². The monoisotopic (exact) mass is 353 g/mol. The summed E-state index contributed by atoms with van der Waals surface area (Å²) in [6.45, 7) is 9.44. The van der Waals surface area contributed by atoms with Gasteiger partial charge in [-0.2, -0.15) is 0 Å². The molecule has 2 rings (SSSR count). The molecule has 0 saturated carbocycles. The Morgan fingerprint density at radius 1 is 0.923 bits per heavy atom. The Hall–Kier alpha value is -2.82. The lowest BCUT2D eigenvalue weighted by atomic mass is 10.00. The molecule has 2 aromatic rings. The van der Waals surface area contributed by atoms with Crippen LogP contribution in [0, 0.1) is 13.8 Å². The van der Waals surface area contributed by atoms with Crippen LogP contribution in [0.5, 0.6) is 0 Å². The molecule has 5 heteroatoms. The first kappa shape index (κ1) is 19.5. The van der Waals surface area contributed by atoms with E-state index < -0.39 is 0 Å². The fourth-order valence-corrected chi connectivity index (χ4v) is 2.91. The normalized spacial score (nSPS) is 12.8. The molecule has 0 aliphatic rings. The first-order valence-electron chi connectivity index (χ1n) is 8.78. The predicted octanol–water partition coefficient (Wildman–Crippen LogP) is 4.38. The Morgan fingerprint density at radius 2 is 1.62 bits per heavy atom. The summed E-state index contributed by atoms with van der Waals surface area (Å²) < 4.78 is 0. The molecule has 2 atom stereocenters. The minimum absolute atomic E-state index is 0.0900. The van der Waals surface area contributed by atoms with Crippen molar-refractivity contribution in [3.63, 3.8) is 0 Å². The fraction of sp³-hybridized carbons (Fsp3) is 0.333. The molecule has 0 aliphatic heterocycles.